The first-order valence-electron chi connectivity index (χ1n) is 12.3. The molecule has 0 saturated heterocycles. The van der Waals surface area contributed by atoms with Crippen molar-refractivity contribution in [3.05, 3.63) is 77.1 Å². The molecule has 0 radical (unpaired) electrons. The largest absolute Gasteiger partial charge is 0.434 e. The highest BCUT2D eigenvalue weighted by atomic mass is 19.3. The Hall–Kier alpha value is -3.92. The van der Waals surface area contributed by atoms with Gasteiger partial charge in [0.25, 0.3) is 5.91 Å². The molecule has 4 heterocycles. The molecule has 4 aromatic rings. The Morgan fingerprint density at radius 2 is 1.92 bits per heavy atom. The second-order valence-electron chi connectivity index (χ2n) is 10.0. The Labute approximate surface area is 210 Å². The fourth-order valence-corrected chi connectivity index (χ4v) is 5.99. The molecule has 10 heteroatoms. The molecule has 7 rings (SSSR count). The lowest BCUT2D eigenvalue weighted by atomic mass is 9.79. The first kappa shape index (κ1) is 22.3. The summed E-state index contributed by atoms with van der Waals surface area (Å²) in [5.74, 6) is -0.120. The van der Waals surface area contributed by atoms with Gasteiger partial charge in [-0.05, 0) is 55.5 Å². The Balaban J connectivity index is 1.37. The van der Waals surface area contributed by atoms with E-state index in [1.54, 1.807) is 41.0 Å². The number of amides is 1. The van der Waals surface area contributed by atoms with Crippen molar-refractivity contribution >= 4 is 11.4 Å². The summed E-state index contributed by atoms with van der Waals surface area (Å²) in [7, 11) is 1.72. The van der Waals surface area contributed by atoms with Crippen LogP contribution in [-0.2, 0) is 5.60 Å². The molecule has 2 bridgehead atoms. The van der Waals surface area contributed by atoms with E-state index in [1.807, 2.05) is 18.3 Å². The summed E-state index contributed by atoms with van der Waals surface area (Å²) < 4.78 is 33.3. The van der Waals surface area contributed by atoms with Gasteiger partial charge in [-0.2, -0.15) is 13.9 Å². The highest BCUT2D eigenvalue weighted by molar-refractivity contribution is 5.98. The normalized spacial score (nSPS) is 21.5. The van der Waals surface area contributed by atoms with E-state index in [2.05, 4.69) is 9.97 Å². The number of halogens is 2. The van der Waals surface area contributed by atoms with Crippen molar-refractivity contribution in [2.75, 3.05) is 7.05 Å². The standard InChI is InChI=1S/C27H23F2N5O3/c1-33-19-11-17(21-16(24(33)35)4-2-5-20(21)37-26(28)29)22-18-10-14(6-9-34(18)32-23(19)22)15-12-30-25(31-13-15)27(36)7-3-8-27/h2,4-6,9-10,12-13,17,19,26,36H,3,7-8,11H2,1H3. The number of ether oxygens (including phenoxy) is 1. The van der Waals surface area contributed by atoms with Gasteiger partial charge in [0.05, 0.1) is 17.3 Å². The minimum Gasteiger partial charge on any atom is -0.434 e. The third-order valence-electron chi connectivity index (χ3n) is 8.06. The number of hydrogen-bond acceptors (Lipinski definition) is 6. The fraction of sp³-hybridized carbons (Fsp3) is 0.333. The average Bonchev–Trinajstić information content (AvgIpc) is 3.40. The lowest BCUT2D eigenvalue weighted by molar-refractivity contribution is -0.0506. The molecule has 37 heavy (non-hydrogen) atoms. The highest BCUT2D eigenvalue weighted by Gasteiger charge is 2.46. The van der Waals surface area contributed by atoms with E-state index in [1.165, 1.54) is 6.07 Å². The zero-order chi connectivity index (χ0) is 25.5. The molecule has 8 nitrogen and oxygen atoms in total. The van der Waals surface area contributed by atoms with Crippen molar-refractivity contribution in [3.63, 3.8) is 0 Å². The monoisotopic (exact) mass is 503 g/mol. The number of pyridine rings is 1. The predicted octanol–water partition coefficient (Wildman–Crippen LogP) is 4.43. The maximum Gasteiger partial charge on any atom is 0.387 e. The molecule has 188 valence electrons. The van der Waals surface area contributed by atoms with Crippen LogP contribution >= 0.6 is 0 Å². The van der Waals surface area contributed by atoms with Crippen molar-refractivity contribution in [2.45, 2.75) is 49.9 Å². The zero-order valence-electron chi connectivity index (χ0n) is 19.9. The van der Waals surface area contributed by atoms with Crippen LogP contribution in [0.1, 0.15) is 70.6 Å². The van der Waals surface area contributed by atoms with Gasteiger partial charge in [0.15, 0.2) is 5.82 Å². The number of aliphatic hydroxyl groups is 1. The van der Waals surface area contributed by atoms with Gasteiger partial charge in [0, 0.05) is 53.8 Å². The van der Waals surface area contributed by atoms with Crippen molar-refractivity contribution in [1.82, 2.24) is 24.5 Å². The number of benzene rings is 1. The molecule has 1 aliphatic heterocycles. The molecule has 0 spiro atoms. The lowest BCUT2D eigenvalue weighted by Gasteiger charge is -2.34. The third-order valence-corrected chi connectivity index (χ3v) is 8.06. The highest BCUT2D eigenvalue weighted by Crippen LogP contribution is 2.53. The second kappa shape index (κ2) is 7.79. The summed E-state index contributed by atoms with van der Waals surface area (Å²) in [6.45, 7) is -3.00. The third kappa shape index (κ3) is 3.21. The van der Waals surface area contributed by atoms with Gasteiger partial charge in [-0.25, -0.2) is 14.5 Å². The van der Waals surface area contributed by atoms with Gasteiger partial charge < -0.3 is 14.7 Å². The molecule has 2 atom stereocenters. The number of nitrogens with zero attached hydrogens (tertiary/aromatic N) is 5. The van der Waals surface area contributed by atoms with E-state index in [-0.39, 0.29) is 23.6 Å². The average molecular weight is 504 g/mol. The van der Waals surface area contributed by atoms with Gasteiger partial charge in [0.2, 0.25) is 0 Å². The number of carbonyl (C=O) groups excluding carboxylic acids is 1. The number of aromatic nitrogens is 4. The van der Waals surface area contributed by atoms with Crippen LogP contribution in [0.15, 0.2) is 48.9 Å². The SMILES string of the molecule is CN1C(=O)c2cccc(OC(F)F)c2C2CC1c1nn3ccc(-c4cnc(C5(O)CCC5)nc4)cc3c12. The maximum absolute atomic E-state index is 13.3. The smallest absolute Gasteiger partial charge is 0.387 e. The van der Waals surface area contributed by atoms with Crippen LogP contribution in [0.25, 0.3) is 16.6 Å². The van der Waals surface area contributed by atoms with Crippen molar-refractivity contribution in [3.8, 4) is 16.9 Å². The zero-order valence-corrected chi connectivity index (χ0v) is 19.9. The summed E-state index contributed by atoms with van der Waals surface area (Å²) in [6.07, 6.45) is 8.08. The minimum atomic E-state index is -3.00. The minimum absolute atomic E-state index is 0.0150. The van der Waals surface area contributed by atoms with Crippen molar-refractivity contribution in [2.24, 2.45) is 0 Å². The van der Waals surface area contributed by atoms with Gasteiger partial charge in [0.1, 0.15) is 11.4 Å². The summed E-state index contributed by atoms with van der Waals surface area (Å²) >= 11 is 0. The number of alkyl halides is 2. The van der Waals surface area contributed by atoms with Crippen LogP contribution in [0.3, 0.4) is 0 Å². The number of fused-ring (bicyclic) bond motifs is 9. The molecule has 3 aromatic heterocycles. The lowest BCUT2D eigenvalue weighted by Crippen LogP contribution is -2.35. The van der Waals surface area contributed by atoms with Gasteiger partial charge in [-0.15, -0.1) is 0 Å². The molecule has 1 saturated carbocycles. The molecule has 1 aromatic carbocycles. The van der Waals surface area contributed by atoms with E-state index in [4.69, 9.17) is 9.84 Å². The Morgan fingerprint density at radius 1 is 1.14 bits per heavy atom. The summed E-state index contributed by atoms with van der Waals surface area (Å²) in [6, 6.07) is 8.33. The van der Waals surface area contributed by atoms with Gasteiger partial charge in [-0.3, -0.25) is 4.79 Å². The van der Waals surface area contributed by atoms with E-state index in [0.29, 0.717) is 36.2 Å². The first-order chi connectivity index (χ1) is 17.8. The molecule has 1 N–H and O–H groups in total. The fourth-order valence-electron chi connectivity index (χ4n) is 5.99. The van der Waals surface area contributed by atoms with Crippen LogP contribution < -0.4 is 4.74 Å². The topological polar surface area (TPSA) is 92.9 Å². The quantitative estimate of drug-likeness (QED) is 0.443. The van der Waals surface area contributed by atoms with E-state index in [9.17, 15) is 18.7 Å². The Kier molecular flexibility index (Phi) is 4.69. The number of hydrogen-bond donors (Lipinski definition) is 1. The molecule has 2 unspecified atom stereocenters. The van der Waals surface area contributed by atoms with Crippen LogP contribution in [0.4, 0.5) is 8.78 Å². The first-order valence-corrected chi connectivity index (χ1v) is 12.3. The van der Waals surface area contributed by atoms with Crippen LogP contribution in [-0.4, -0.2) is 49.2 Å². The van der Waals surface area contributed by atoms with E-state index >= 15 is 0 Å². The van der Waals surface area contributed by atoms with Crippen LogP contribution in [0.5, 0.6) is 5.75 Å². The molecular weight excluding hydrogens is 480 g/mol. The van der Waals surface area contributed by atoms with Gasteiger partial charge in [-0.1, -0.05) is 6.07 Å². The summed E-state index contributed by atoms with van der Waals surface area (Å²) in [4.78, 5) is 23.8. The van der Waals surface area contributed by atoms with E-state index in [0.717, 1.165) is 34.3 Å². The molecule has 3 aliphatic rings. The van der Waals surface area contributed by atoms with Gasteiger partial charge >= 0.3 is 6.61 Å². The molecule has 1 fully saturated rings. The number of rotatable bonds is 4. The molecule has 1 amide bonds. The van der Waals surface area contributed by atoms with E-state index < -0.39 is 12.2 Å². The maximum atomic E-state index is 13.3. The van der Waals surface area contributed by atoms with Crippen LogP contribution in [0.2, 0.25) is 0 Å². The predicted molar refractivity (Wildman–Crippen MR) is 128 cm³/mol. The Bertz CT molecular complexity index is 1560. The molecule has 2 aliphatic carbocycles. The second-order valence-corrected chi connectivity index (χ2v) is 10.0. The summed E-state index contributed by atoms with van der Waals surface area (Å²) in [5, 5.41) is 15.3. The molecular formula is C27H23F2N5O3. The Morgan fingerprint density at radius 3 is 2.62 bits per heavy atom. The van der Waals surface area contributed by atoms with Crippen molar-refractivity contribution < 1.29 is 23.4 Å². The van der Waals surface area contributed by atoms with Crippen molar-refractivity contribution in [1.29, 1.82) is 0 Å². The van der Waals surface area contributed by atoms with Crippen LogP contribution in [0, 0.1) is 0 Å². The number of carbonyl (C=O) groups is 1. The summed E-state index contributed by atoms with van der Waals surface area (Å²) in [5.41, 5.74) is 4.05.